The summed E-state index contributed by atoms with van der Waals surface area (Å²) in [5, 5.41) is 2.85. The summed E-state index contributed by atoms with van der Waals surface area (Å²) in [6.45, 7) is 7.80. The molecule has 0 saturated carbocycles. The molecule has 1 N–H and O–H groups in total. The van der Waals surface area contributed by atoms with Crippen LogP contribution < -0.4 is 5.32 Å². The van der Waals surface area contributed by atoms with Gasteiger partial charge in [-0.25, -0.2) is 4.79 Å². The second-order valence-corrected chi connectivity index (χ2v) is 6.09. The van der Waals surface area contributed by atoms with Crippen molar-refractivity contribution in [2.45, 2.75) is 33.7 Å². The molecule has 0 aromatic heterocycles. The zero-order valence-electron chi connectivity index (χ0n) is 11.9. The Kier molecular flexibility index (Phi) is 3.93. The Morgan fingerprint density at radius 1 is 1.26 bits per heavy atom. The molecule has 0 saturated heterocycles. The fourth-order valence-corrected chi connectivity index (χ4v) is 2.12. The standard InChI is InChI=1S/C16H22N2O/c1-16(2,3)9-10-17-15(19)18-11-8-13-6-4-5-7-14(13)12-18/h4-7,9-10H,8,11-12H2,1-3H3,(H,17,19)/b10-9+. The van der Waals surface area contributed by atoms with Crippen LogP contribution in [0.2, 0.25) is 0 Å². The average molecular weight is 258 g/mol. The molecule has 1 aromatic rings. The van der Waals surface area contributed by atoms with E-state index in [2.05, 4.69) is 44.3 Å². The highest BCUT2D eigenvalue weighted by molar-refractivity contribution is 5.75. The molecule has 3 nitrogen and oxygen atoms in total. The molecule has 0 bridgehead atoms. The zero-order valence-corrected chi connectivity index (χ0v) is 11.9. The second-order valence-electron chi connectivity index (χ2n) is 6.09. The topological polar surface area (TPSA) is 32.3 Å². The normalized spacial score (nSPS) is 15.4. The minimum absolute atomic E-state index is 0.0185. The van der Waals surface area contributed by atoms with Crippen molar-refractivity contribution in [1.82, 2.24) is 10.2 Å². The molecule has 0 unspecified atom stereocenters. The fourth-order valence-electron chi connectivity index (χ4n) is 2.12. The number of carbonyl (C=O) groups is 1. The Balaban J connectivity index is 1.94. The van der Waals surface area contributed by atoms with Gasteiger partial charge < -0.3 is 10.2 Å². The lowest BCUT2D eigenvalue weighted by Gasteiger charge is -2.28. The van der Waals surface area contributed by atoms with Crippen molar-refractivity contribution in [2.75, 3.05) is 6.54 Å². The largest absolute Gasteiger partial charge is 0.321 e. The van der Waals surface area contributed by atoms with Crippen LogP contribution in [0.1, 0.15) is 31.9 Å². The highest BCUT2D eigenvalue weighted by atomic mass is 16.2. The summed E-state index contributed by atoms with van der Waals surface area (Å²) in [5.41, 5.74) is 2.70. The number of amides is 2. The van der Waals surface area contributed by atoms with Gasteiger partial charge >= 0.3 is 6.03 Å². The molecule has 0 radical (unpaired) electrons. The number of nitrogens with zero attached hydrogens (tertiary/aromatic N) is 1. The summed E-state index contributed by atoms with van der Waals surface area (Å²) in [6, 6.07) is 8.31. The van der Waals surface area contributed by atoms with E-state index >= 15 is 0 Å². The first kappa shape index (κ1) is 13.7. The number of nitrogens with one attached hydrogen (secondary N) is 1. The van der Waals surface area contributed by atoms with Gasteiger partial charge in [-0.2, -0.15) is 0 Å². The lowest BCUT2D eigenvalue weighted by atomic mass is 9.97. The van der Waals surface area contributed by atoms with Crippen LogP contribution in [-0.4, -0.2) is 17.5 Å². The molecule has 1 aliphatic heterocycles. The van der Waals surface area contributed by atoms with Crippen LogP contribution in [0, 0.1) is 5.41 Å². The molecular weight excluding hydrogens is 236 g/mol. The van der Waals surface area contributed by atoms with Crippen molar-refractivity contribution in [3.05, 3.63) is 47.7 Å². The lowest BCUT2D eigenvalue weighted by molar-refractivity contribution is 0.196. The molecule has 102 valence electrons. The SMILES string of the molecule is CC(C)(C)/C=C/NC(=O)N1CCc2ccccc2C1. The van der Waals surface area contributed by atoms with E-state index in [0.29, 0.717) is 6.54 Å². The van der Waals surface area contributed by atoms with Crippen molar-refractivity contribution in [2.24, 2.45) is 5.41 Å². The highest BCUT2D eigenvalue weighted by Crippen LogP contribution is 2.18. The van der Waals surface area contributed by atoms with Gasteiger partial charge in [-0.1, -0.05) is 51.1 Å². The zero-order chi connectivity index (χ0) is 13.9. The third-order valence-corrected chi connectivity index (χ3v) is 3.21. The van der Waals surface area contributed by atoms with Gasteiger partial charge in [0.15, 0.2) is 0 Å². The Labute approximate surface area is 115 Å². The second kappa shape index (κ2) is 5.47. The molecule has 0 spiro atoms. The molecule has 0 atom stereocenters. The summed E-state index contributed by atoms with van der Waals surface area (Å²) in [7, 11) is 0. The van der Waals surface area contributed by atoms with Gasteiger partial charge in [0.2, 0.25) is 0 Å². The van der Waals surface area contributed by atoms with E-state index in [-0.39, 0.29) is 11.4 Å². The molecule has 1 aromatic carbocycles. The Morgan fingerprint density at radius 3 is 2.63 bits per heavy atom. The first-order valence-corrected chi connectivity index (χ1v) is 6.76. The van der Waals surface area contributed by atoms with Crippen LogP contribution in [0.15, 0.2) is 36.5 Å². The predicted octanol–water partition coefficient (Wildman–Crippen LogP) is 3.31. The summed E-state index contributed by atoms with van der Waals surface area (Å²) in [6.07, 6.45) is 4.69. The fraction of sp³-hybridized carbons (Fsp3) is 0.438. The first-order chi connectivity index (χ1) is 8.96. The number of rotatable bonds is 1. The molecule has 1 aliphatic rings. The maximum Gasteiger partial charge on any atom is 0.321 e. The van der Waals surface area contributed by atoms with E-state index in [1.165, 1.54) is 11.1 Å². The van der Waals surface area contributed by atoms with Crippen molar-refractivity contribution in [1.29, 1.82) is 0 Å². The van der Waals surface area contributed by atoms with Crippen molar-refractivity contribution in [3.63, 3.8) is 0 Å². The number of hydrogen-bond acceptors (Lipinski definition) is 1. The maximum atomic E-state index is 12.1. The Morgan fingerprint density at radius 2 is 1.95 bits per heavy atom. The van der Waals surface area contributed by atoms with Crippen LogP contribution in [0.3, 0.4) is 0 Å². The van der Waals surface area contributed by atoms with E-state index in [9.17, 15) is 4.79 Å². The number of allylic oxidation sites excluding steroid dienone is 1. The number of fused-ring (bicyclic) bond motifs is 1. The molecule has 2 rings (SSSR count). The van der Waals surface area contributed by atoms with E-state index in [1.807, 2.05) is 17.0 Å². The van der Waals surface area contributed by atoms with Gasteiger partial charge in [-0.3, -0.25) is 0 Å². The van der Waals surface area contributed by atoms with E-state index in [4.69, 9.17) is 0 Å². The van der Waals surface area contributed by atoms with Crippen LogP contribution in [0.4, 0.5) is 4.79 Å². The van der Waals surface area contributed by atoms with Gasteiger partial charge in [-0.05, 0) is 23.0 Å². The van der Waals surface area contributed by atoms with Crippen molar-refractivity contribution < 1.29 is 4.79 Å². The number of benzene rings is 1. The van der Waals surface area contributed by atoms with E-state index in [0.717, 1.165) is 13.0 Å². The average Bonchev–Trinajstić information content (AvgIpc) is 2.36. The minimum Gasteiger partial charge on any atom is -0.320 e. The first-order valence-electron chi connectivity index (χ1n) is 6.76. The van der Waals surface area contributed by atoms with Gasteiger partial charge in [0.1, 0.15) is 0 Å². The van der Waals surface area contributed by atoms with E-state index < -0.39 is 0 Å². The van der Waals surface area contributed by atoms with Crippen molar-refractivity contribution >= 4 is 6.03 Å². The molecule has 0 fully saturated rings. The molecule has 19 heavy (non-hydrogen) atoms. The summed E-state index contributed by atoms with van der Waals surface area (Å²) in [4.78, 5) is 13.9. The monoisotopic (exact) mass is 258 g/mol. The lowest BCUT2D eigenvalue weighted by Crippen LogP contribution is -2.40. The van der Waals surface area contributed by atoms with Crippen LogP contribution >= 0.6 is 0 Å². The molecule has 0 aliphatic carbocycles. The van der Waals surface area contributed by atoms with Crippen molar-refractivity contribution in [3.8, 4) is 0 Å². The van der Waals surface area contributed by atoms with E-state index in [1.54, 1.807) is 6.20 Å². The molecular formula is C16H22N2O. The third-order valence-electron chi connectivity index (χ3n) is 3.21. The summed E-state index contributed by atoms with van der Waals surface area (Å²) >= 11 is 0. The van der Waals surface area contributed by atoms with Gasteiger partial charge in [0.05, 0.1) is 0 Å². The maximum absolute atomic E-state index is 12.1. The molecule has 1 heterocycles. The smallest absolute Gasteiger partial charge is 0.320 e. The Hall–Kier alpha value is -1.77. The predicted molar refractivity (Wildman–Crippen MR) is 77.7 cm³/mol. The minimum atomic E-state index is -0.0185. The van der Waals surface area contributed by atoms with Crippen LogP contribution in [-0.2, 0) is 13.0 Å². The number of hydrogen-bond donors (Lipinski definition) is 1. The van der Waals surface area contributed by atoms with Crippen LogP contribution in [0.25, 0.3) is 0 Å². The summed E-state index contributed by atoms with van der Waals surface area (Å²) in [5.74, 6) is 0. The number of carbonyl (C=O) groups excluding carboxylic acids is 1. The number of urea groups is 1. The van der Waals surface area contributed by atoms with Crippen LogP contribution in [0.5, 0.6) is 0 Å². The van der Waals surface area contributed by atoms with Gasteiger partial charge in [0, 0.05) is 19.3 Å². The third kappa shape index (κ3) is 3.85. The highest BCUT2D eigenvalue weighted by Gasteiger charge is 2.19. The van der Waals surface area contributed by atoms with Gasteiger partial charge in [-0.15, -0.1) is 0 Å². The molecule has 2 amide bonds. The molecule has 3 heteroatoms. The quantitative estimate of drug-likeness (QED) is 0.823. The summed E-state index contributed by atoms with van der Waals surface area (Å²) < 4.78 is 0. The van der Waals surface area contributed by atoms with Gasteiger partial charge in [0.25, 0.3) is 0 Å². The Bertz CT molecular complexity index is 486.